The van der Waals surface area contributed by atoms with Gasteiger partial charge in [-0.1, -0.05) is 12.8 Å². The number of carbonyl (C=O) groups is 1. The molecule has 3 heteroatoms. The van der Waals surface area contributed by atoms with E-state index in [0.29, 0.717) is 11.3 Å². The molecule has 1 aliphatic carbocycles. The van der Waals surface area contributed by atoms with Crippen molar-refractivity contribution in [3.8, 4) is 0 Å². The number of nitrogens with one attached hydrogen (secondary N) is 1. The van der Waals surface area contributed by atoms with Gasteiger partial charge in [-0.05, 0) is 44.0 Å². The molecule has 0 unspecified atom stereocenters. The van der Waals surface area contributed by atoms with Crippen LogP contribution in [0.3, 0.4) is 0 Å². The number of hydrogen-bond donors (Lipinski definition) is 2. The molecule has 1 amide bonds. The number of carbonyl (C=O) groups excluding carboxylic acids is 1. The highest BCUT2D eigenvalue weighted by Crippen LogP contribution is 2.29. The predicted octanol–water partition coefficient (Wildman–Crippen LogP) is 2.33. The van der Waals surface area contributed by atoms with Gasteiger partial charge in [-0.15, -0.1) is 0 Å². The van der Waals surface area contributed by atoms with Crippen molar-refractivity contribution in [2.45, 2.75) is 38.1 Å². The van der Waals surface area contributed by atoms with Crippen molar-refractivity contribution in [3.63, 3.8) is 0 Å². The minimum Gasteiger partial charge on any atom is -0.399 e. The summed E-state index contributed by atoms with van der Waals surface area (Å²) in [5.74, 6) is 0.00407. The minimum absolute atomic E-state index is 0.00407. The molecule has 3 N–H and O–H groups in total. The first-order valence-electron chi connectivity index (χ1n) is 5.77. The smallest absolute Gasteiger partial charge is 0.251 e. The van der Waals surface area contributed by atoms with Gasteiger partial charge in [-0.25, -0.2) is 0 Å². The fraction of sp³-hybridized carbons (Fsp3) is 0.462. The zero-order valence-corrected chi connectivity index (χ0v) is 9.62. The number of nitrogen functional groups attached to an aromatic ring is 1. The van der Waals surface area contributed by atoms with Gasteiger partial charge in [0.15, 0.2) is 0 Å². The van der Waals surface area contributed by atoms with E-state index in [0.717, 1.165) is 12.8 Å². The molecule has 1 fully saturated rings. The van der Waals surface area contributed by atoms with Crippen molar-refractivity contribution in [3.05, 3.63) is 29.8 Å². The Hall–Kier alpha value is -1.51. The zero-order valence-electron chi connectivity index (χ0n) is 9.62. The second-order valence-electron chi connectivity index (χ2n) is 4.84. The third-order valence-corrected chi connectivity index (χ3v) is 3.30. The maximum atomic E-state index is 12.0. The van der Waals surface area contributed by atoms with Gasteiger partial charge in [0.1, 0.15) is 0 Å². The Bertz CT molecular complexity index is 377. The fourth-order valence-electron chi connectivity index (χ4n) is 2.26. The lowest BCUT2D eigenvalue weighted by atomic mass is 10.00. The summed E-state index contributed by atoms with van der Waals surface area (Å²) >= 11 is 0. The first-order valence-corrected chi connectivity index (χ1v) is 5.77. The van der Waals surface area contributed by atoms with Crippen molar-refractivity contribution in [1.29, 1.82) is 0 Å². The van der Waals surface area contributed by atoms with E-state index in [1.807, 2.05) is 0 Å². The van der Waals surface area contributed by atoms with Gasteiger partial charge in [0.2, 0.25) is 0 Å². The van der Waals surface area contributed by atoms with Crippen molar-refractivity contribution in [2.24, 2.45) is 0 Å². The normalized spacial score (nSPS) is 18.3. The fourth-order valence-corrected chi connectivity index (χ4v) is 2.26. The zero-order chi connectivity index (χ0) is 11.6. The van der Waals surface area contributed by atoms with E-state index in [2.05, 4.69) is 12.2 Å². The van der Waals surface area contributed by atoms with E-state index in [1.165, 1.54) is 12.8 Å². The van der Waals surface area contributed by atoms with Crippen LogP contribution in [-0.2, 0) is 0 Å². The third kappa shape index (κ3) is 2.35. The first-order chi connectivity index (χ1) is 7.59. The SMILES string of the molecule is CC1(NC(=O)c2ccc(N)cc2)CCCC1. The van der Waals surface area contributed by atoms with Crippen LogP contribution >= 0.6 is 0 Å². The van der Waals surface area contributed by atoms with Gasteiger partial charge in [-0.2, -0.15) is 0 Å². The first kappa shape index (κ1) is 11.0. The van der Waals surface area contributed by atoms with Gasteiger partial charge in [0, 0.05) is 16.8 Å². The Kier molecular flexibility index (Phi) is 2.86. The molecule has 16 heavy (non-hydrogen) atoms. The highest BCUT2D eigenvalue weighted by molar-refractivity contribution is 5.95. The van der Waals surface area contributed by atoms with Crippen LogP contribution in [0.4, 0.5) is 5.69 Å². The molecule has 0 saturated heterocycles. The topological polar surface area (TPSA) is 55.1 Å². The number of rotatable bonds is 2. The molecule has 2 rings (SSSR count). The Morgan fingerprint density at radius 2 is 1.81 bits per heavy atom. The highest BCUT2D eigenvalue weighted by atomic mass is 16.1. The predicted molar refractivity (Wildman–Crippen MR) is 65.2 cm³/mol. The summed E-state index contributed by atoms with van der Waals surface area (Å²) in [5, 5.41) is 3.11. The molecule has 1 aromatic rings. The lowest BCUT2D eigenvalue weighted by Crippen LogP contribution is -2.43. The number of hydrogen-bond acceptors (Lipinski definition) is 2. The molecule has 0 aliphatic heterocycles. The van der Waals surface area contributed by atoms with Gasteiger partial charge < -0.3 is 11.1 Å². The largest absolute Gasteiger partial charge is 0.399 e. The monoisotopic (exact) mass is 218 g/mol. The third-order valence-electron chi connectivity index (χ3n) is 3.30. The standard InChI is InChI=1S/C13H18N2O/c1-13(8-2-3-9-13)15-12(16)10-4-6-11(14)7-5-10/h4-7H,2-3,8-9,14H2,1H3,(H,15,16). The lowest BCUT2D eigenvalue weighted by Gasteiger charge is -2.25. The summed E-state index contributed by atoms with van der Waals surface area (Å²) in [7, 11) is 0. The average molecular weight is 218 g/mol. The van der Waals surface area contributed by atoms with Crippen LogP contribution < -0.4 is 11.1 Å². The molecule has 3 nitrogen and oxygen atoms in total. The maximum absolute atomic E-state index is 12.0. The van der Waals surface area contributed by atoms with Crippen molar-refractivity contribution >= 4 is 11.6 Å². The van der Waals surface area contributed by atoms with E-state index in [4.69, 9.17) is 5.73 Å². The van der Waals surface area contributed by atoms with Crippen LogP contribution in [0.25, 0.3) is 0 Å². The molecule has 0 spiro atoms. The molecule has 0 heterocycles. The molecule has 0 aromatic heterocycles. The Balaban J connectivity index is 2.05. The summed E-state index contributed by atoms with van der Waals surface area (Å²) in [6.45, 7) is 2.12. The quantitative estimate of drug-likeness (QED) is 0.748. The van der Waals surface area contributed by atoms with Crippen LogP contribution in [0.15, 0.2) is 24.3 Å². The molecule has 0 radical (unpaired) electrons. The molecule has 1 aromatic carbocycles. The van der Waals surface area contributed by atoms with Crippen LogP contribution in [0.2, 0.25) is 0 Å². The van der Waals surface area contributed by atoms with E-state index >= 15 is 0 Å². The second-order valence-corrected chi connectivity index (χ2v) is 4.84. The molecular weight excluding hydrogens is 200 g/mol. The van der Waals surface area contributed by atoms with Crippen molar-refractivity contribution in [2.75, 3.05) is 5.73 Å². The van der Waals surface area contributed by atoms with Crippen molar-refractivity contribution < 1.29 is 4.79 Å². The minimum atomic E-state index is -0.0154. The molecule has 1 saturated carbocycles. The lowest BCUT2D eigenvalue weighted by molar-refractivity contribution is 0.0908. The van der Waals surface area contributed by atoms with E-state index in [1.54, 1.807) is 24.3 Å². The molecular formula is C13H18N2O. The Labute approximate surface area is 96.0 Å². The van der Waals surface area contributed by atoms with E-state index < -0.39 is 0 Å². The van der Waals surface area contributed by atoms with Crippen LogP contribution in [0.5, 0.6) is 0 Å². The second kappa shape index (κ2) is 4.16. The number of benzene rings is 1. The average Bonchev–Trinajstić information content (AvgIpc) is 2.65. The highest BCUT2D eigenvalue weighted by Gasteiger charge is 2.30. The molecule has 86 valence electrons. The van der Waals surface area contributed by atoms with E-state index in [-0.39, 0.29) is 11.4 Å². The van der Waals surface area contributed by atoms with Gasteiger partial charge in [0.25, 0.3) is 5.91 Å². The van der Waals surface area contributed by atoms with Crippen LogP contribution in [-0.4, -0.2) is 11.4 Å². The summed E-state index contributed by atoms with van der Waals surface area (Å²) < 4.78 is 0. The molecule has 0 bridgehead atoms. The van der Waals surface area contributed by atoms with Gasteiger partial charge in [-0.3, -0.25) is 4.79 Å². The Morgan fingerprint density at radius 1 is 1.25 bits per heavy atom. The summed E-state index contributed by atoms with van der Waals surface area (Å²) in [6, 6.07) is 7.05. The van der Waals surface area contributed by atoms with Gasteiger partial charge in [0.05, 0.1) is 0 Å². The number of nitrogens with two attached hydrogens (primary N) is 1. The summed E-state index contributed by atoms with van der Waals surface area (Å²) in [4.78, 5) is 12.0. The van der Waals surface area contributed by atoms with Gasteiger partial charge >= 0.3 is 0 Å². The van der Waals surface area contributed by atoms with E-state index in [9.17, 15) is 4.79 Å². The van der Waals surface area contributed by atoms with Crippen molar-refractivity contribution in [1.82, 2.24) is 5.32 Å². The Morgan fingerprint density at radius 3 is 2.38 bits per heavy atom. The van der Waals surface area contributed by atoms with Crippen LogP contribution in [0, 0.1) is 0 Å². The van der Waals surface area contributed by atoms with Crippen LogP contribution in [0.1, 0.15) is 43.0 Å². The molecule has 0 atom stereocenters. The number of amides is 1. The number of anilines is 1. The molecule has 1 aliphatic rings. The summed E-state index contributed by atoms with van der Waals surface area (Å²) in [5.41, 5.74) is 6.94. The maximum Gasteiger partial charge on any atom is 0.251 e. The summed E-state index contributed by atoms with van der Waals surface area (Å²) in [6.07, 6.45) is 4.57.